The molecule has 11 heteroatoms. The zero-order valence-corrected chi connectivity index (χ0v) is 21.1. The van der Waals surface area contributed by atoms with Crippen molar-refractivity contribution in [2.24, 2.45) is 0 Å². The highest BCUT2D eigenvalue weighted by atomic mass is 32.2. The van der Waals surface area contributed by atoms with E-state index in [1.54, 1.807) is 12.1 Å². The van der Waals surface area contributed by atoms with Crippen molar-refractivity contribution in [3.05, 3.63) is 77.9 Å². The van der Waals surface area contributed by atoms with Gasteiger partial charge in [0.25, 0.3) is 0 Å². The quantitative estimate of drug-likeness (QED) is 0.239. The molecule has 8 nitrogen and oxygen atoms in total. The van der Waals surface area contributed by atoms with Crippen LogP contribution in [-0.4, -0.2) is 41.3 Å². The van der Waals surface area contributed by atoms with Gasteiger partial charge < -0.3 is 15.5 Å². The number of hydrogen-bond acceptors (Lipinski definition) is 8. The first-order valence-corrected chi connectivity index (χ1v) is 14.0. The van der Waals surface area contributed by atoms with Crippen molar-refractivity contribution in [3.63, 3.8) is 0 Å². The summed E-state index contributed by atoms with van der Waals surface area (Å²) in [6.45, 7) is 1.86. The van der Waals surface area contributed by atoms with E-state index in [-0.39, 0.29) is 27.3 Å². The van der Waals surface area contributed by atoms with Crippen LogP contribution >= 0.6 is 23.1 Å². The van der Waals surface area contributed by atoms with E-state index in [2.05, 4.69) is 15.0 Å². The molecule has 4 rings (SSSR count). The Hall–Kier alpha value is -3.12. The molecule has 4 aromatic rings. The normalized spacial score (nSPS) is 12.5. The molecule has 1 atom stereocenters. The maximum atomic E-state index is 13.1. The number of anilines is 1. The van der Waals surface area contributed by atoms with Crippen molar-refractivity contribution >= 4 is 54.4 Å². The number of fused-ring (bicyclic) bond motifs is 1. The molecule has 4 N–H and O–H groups in total. The average Bonchev–Trinajstić information content (AvgIpc) is 3.20. The lowest BCUT2D eigenvalue weighted by Crippen LogP contribution is -2.45. The number of benzene rings is 3. The molecule has 0 aliphatic rings. The van der Waals surface area contributed by atoms with Crippen LogP contribution in [0, 0.1) is 6.92 Å². The van der Waals surface area contributed by atoms with Crippen LogP contribution in [0.1, 0.15) is 11.1 Å². The summed E-state index contributed by atoms with van der Waals surface area (Å²) < 4.78 is 29.1. The Labute approximate surface area is 211 Å². The Kier molecular flexibility index (Phi) is 7.60. The molecule has 0 saturated heterocycles. The summed E-state index contributed by atoms with van der Waals surface area (Å²) >= 11 is 2.53. The van der Waals surface area contributed by atoms with E-state index in [0.717, 1.165) is 22.5 Å². The fourth-order valence-corrected chi connectivity index (χ4v) is 6.40. The van der Waals surface area contributed by atoms with Crippen LogP contribution < -0.4 is 10.0 Å². The van der Waals surface area contributed by atoms with Crippen LogP contribution in [0.2, 0.25) is 0 Å². The van der Waals surface area contributed by atoms with Gasteiger partial charge in [-0.2, -0.15) is 16.5 Å². The number of nitrogens with one attached hydrogen (secondary N) is 2. The molecule has 1 amide bonds. The predicted octanol–water partition coefficient (Wildman–Crippen LogP) is 4.23. The number of hydrogen-bond donors (Lipinski definition) is 4. The van der Waals surface area contributed by atoms with Crippen molar-refractivity contribution in [1.29, 1.82) is 0 Å². The third-order valence-electron chi connectivity index (χ3n) is 5.06. The molecule has 0 bridgehead atoms. The Morgan fingerprint density at radius 3 is 2.46 bits per heavy atom. The van der Waals surface area contributed by atoms with E-state index in [4.69, 9.17) is 0 Å². The van der Waals surface area contributed by atoms with Crippen molar-refractivity contribution < 1.29 is 23.4 Å². The van der Waals surface area contributed by atoms with Gasteiger partial charge in [-0.25, -0.2) is 13.4 Å². The third kappa shape index (κ3) is 6.31. The number of aryl methyl sites for hydroxylation is 1. The number of aromatic nitrogens is 1. The molecule has 35 heavy (non-hydrogen) atoms. The number of rotatable bonds is 9. The predicted molar refractivity (Wildman–Crippen MR) is 139 cm³/mol. The van der Waals surface area contributed by atoms with Gasteiger partial charge in [-0.1, -0.05) is 59.4 Å². The second kappa shape index (κ2) is 10.6. The monoisotopic (exact) mass is 529 g/mol. The fourth-order valence-electron chi connectivity index (χ4n) is 3.20. The van der Waals surface area contributed by atoms with E-state index in [9.17, 15) is 23.4 Å². The largest absolute Gasteiger partial charge is 0.504 e. The van der Waals surface area contributed by atoms with Gasteiger partial charge in [-0.15, -0.1) is 0 Å². The van der Waals surface area contributed by atoms with Crippen molar-refractivity contribution in [2.75, 3.05) is 11.1 Å². The van der Waals surface area contributed by atoms with Gasteiger partial charge in [-0.05, 0) is 24.6 Å². The summed E-state index contributed by atoms with van der Waals surface area (Å²) in [4.78, 5) is 17.5. The number of phenols is 2. The molecule has 0 radical (unpaired) electrons. The summed E-state index contributed by atoms with van der Waals surface area (Å²) in [6.07, 6.45) is 0. The van der Waals surface area contributed by atoms with Gasteiger partial charge in [-0.3, -0.25) is 4.79 Å². The second-order valence-corrected chi connectivity index (χ2v) is 11.6. The number of carbonyl (C=O) groups is 1. The number of phenolic OH excluding ortho intramolecular Hbond substituents is 2. The Morgan fingerprint density at radius 2 is 1.74 bits per heavy atom. The van der Waals surface area contributed by atoms with Gasteiger partial charge >= 0.3 is 0 Å². The lowest BCUT2D eigenvalue weighted by atomic mass is 10.2. The first-order chi connectivity index (χ1) is 16.7. The van der Waals surface area contributed by atoms with Crippen LogP contribution in [0.4, 0.5) is 5.13 Å². The number of thiazole rings is 1. The van der Waals surface area contributed by atoms with Crippen molar-refractivity contribution in [2.45, 2.75) is 23.6 Å². The molecule has 1 aromatic heterocycles. The highest BCUT2D eigenvalue weighted by Crippen LogP contribution is 2.34. The minimum atomic E-state index is -3.95. The number of nitrogens with zero attached hydrogens (tertiary/aromatic N) is 1. The SMILES string of the molecule is Cc1ccc(S(=O)(=O)N[C@@H](CSCc2ccccc2)C(=O)Nc2nc3cc(O)c(O)cc3s2)cc1. The van der Waals surface area contributed by atoms with Gasteiger partial charge in [0.2, 0.25) is 15.9 Å². The molecule has 0 aliphatic carbocycles. The van der Waals surface area contributed by atoms with E-state index in [1.165, 1.54) is 36.0 Å². The molecule has 0 aliphatic heterocycles. The molecule has 0 unspecified atom stereocenters. The molecule has 0 fully saturated rings. The van der Waals surface area contributed by atoms with E-state index < -0.39 is 22.0 Å². The summed E-state index contributed by atoms with van der Waals surface area (Å²) in [5.41, 5.74) is 2.38. The molecular weight excluding hydrogens is 506 g/mol. The van der Waals surface area contributed by atoms with Crippen LogP contribution in [0.5, 0.6) is 11.5 Å². The zero-order valence-electron chi connectivity index (χ0n) is 18.6. The smallest absolute Gasteiger partial charge is 0.245 e. The zero-order chi connectivity index (χ0) is 25.0. The Balaban J connectivity index is 1.53. The number of thioether (sulfide) groups is 1. The van der Waals surface area contributed by atoms with Crippen LogP contribution in [0.3, 0.4) is 0 Å². The Morgan fingerprint density at radius 1 is 1.06 bits per heavy atom. The molecule has 0 saturated carbocycles. The van der Waals surface area contributed by atoms with E-state index in [1.807, 2.05) is 37.3 Å². The summed E-state index contributed by atoms with van der Waals surface area (Å²) in [5.74, 6) is -0.370. The maximum Gasteiger partial charge on any atom is 0.245 e. The minimum absolute atomic E-state index is 0.0693. The van der Waals surface area contributed by atoms with Crippen molar-refractivity contribution in [3.8, 4) is 11.5 Å². The fraction of sp³-hybridized carbons (Fsp3) is 0.167. The summed E-state index contributed by atoms with van der Waals surface area (Å²) in [6, 6.07) is 17.6. The molecular formula is C24H23N3O5S3. The highest BCUT2D eigenvalue weighted by molar-refractivity contribution is 7.98. The van der Waals surface area contributed by atoms with Gasteiger partial charge in [0.05, 0.1) is 15.1 Å². The van der Waals surface area contributed by atoms with E-state index in [0.29, 0.717) is 16.0 Å². The van der Waals surface area contributed by atoms with Crippen LogP contribution in [0.15, 0.2) is 71.6 Å². The number of sulfonamides is 1. The lowest BCUT2D eigenvalue weighted by molar-refractivity contribution is -0.117. The number of aromatic hydroxyl groups is 2. The molecule has 3 aromatic carbocycles. The van der Waals surface area contributed by atoms with Crippen LogP contribution in [-0.2, 0) is 20.6 Å². The third-order valence-corrected chi connectivity index (χ3v) is 8.58. The maximum absolute atomic E-state index is 13.1. The lowest BCUT2D eigenvalue weighted by Gasteiger charge is -2.18. The van der Waals surface area contributed by atoms with Gasteiger partial charge in [0.15, 0.2) is 16.6 Å². The topological polar surface area (TPSA) is 129 Å². The second-order valence-electron chi connectivity index (χ2n) is 7.80. The van der Waals surface area contributed by atoms with Gasteiger partial charge in [0, 0.05) is 23.6 Å². The molecule has 0 spiro atoms. The number of carbonyl (C=O) groups excluding carboxylic acids is 1. The first-order valence-electron chi connectivity index (χ1n) is 10.6. The first kappa shape index (κ1) is 25.0. The summed E-state index contributed by atoms with van der Waals surface area (Å²) in [7, 11) is -3.95. The van der Waals surface area contributed by atoms with E-state index >= 15 is 0 Å². The highest BCUT2D eigenvalue weighted by Gasteiger charge is 2.27. The average molecular weight is 530 g/mol. The number of amides is 1. The van der Waals surface area contributed by atoms with Crippen molar-refractivity contribution in [1.82, 2.24) is 9.71 Å². The van der Waals surface area contributed by atoms with Gasteiger partial charge in [0.1, 0.15) is 6.04 Å². The molecule has 182 valence electrons. The molecule has 1 heterocycles. The van der Waals surface area contributed by atoms with Crippen LogP contribution in [0.25, 0.3) is 10.2 Å². The Bertz CT molecular complexity index is 1400. The minimum Gasteiger partial charge on any atom is -0.504 e. The standard InChI is InChI=1S/C24H23N3O5S3/c1-15-7-9-17(10-8-15)35(31,32)27-19(14-33-13-16-5-3-2-4-6-16)23(30)26-24-25-18-11-20(28)21(29)12-22(18)34-24/h2-12,19,27-29H,13-14H2,1H3,(H,25,26,30)/t19-/m0/s1. The summed E-state index contributed by atoms with van der Waals surface area (Å²) in [5, 5.41) is 22.3.